The standard InChI is InChI=1S/C32H26O3S2/c33-32(34)14-3-23-1-12-30(13-2-23)35-18-15-31(26-8-4-24(5-9-26)28-16-19-36-21-28)27-10-6-25(7-11-27)29-17-20-37-22-29/h1-2,4-13,15-17,19-22H,3,14,18H2,(H,33,34). The van der Waals surface area contributed by atoms with Crippen LogP contribution in [0.15, 0.2) is 113 Å². The van der Waals surface area contributed by atoms with Crippen molar-refractivity contribution in [2.24, 2.45) is 0 Å². The lowest BCUT2D eigenvalue weighted by Crippen LogP contribution is -1.99. The normalized spacial score (nSPS) is 10.7. The van der Waals surface area contributed by atoms with Crippen LogP contribution in [0.5, 0.6) is 5.75 Å². The van der Waals surface area contributed by atoms with E-state index in [4.69, 9.17) is 9.84 Å². The predicted octanol–water partition coefficient (Wildman–Crippen LogP) is 8.67. The third kappa shape index (κ3) is 6.45. The molecule has 3 nitrogen and oxygen atoms in total. The first-order valence-electron chi connectivity index (χ1n) is 12.1. The van der Waals surface area contributed by atoms with E-state index in [1.165, 1.54) is 22.3 Å². The minimum atomic E-state index is -0.787. The SMILES string of the molecule is O=C(O)CCc1ccc(OCC=C(c2ccc(-c3ccsc3)cc2)c2ccc(-c3ccsc3)cc2)cc1. The zero-order chi connectivity index (χ0) is 25.5. The van der Waals surface area contributed by atoms with Crippen LogP contribution in [0.3, 0.4) is 0 Å². The molecule has 184 valence electrons. The quantitative estimate of drug-likeness (QED) is 0.200. The predicted molar refractivity (Wildman–Crippen MR) is 154 cm³/mol. The van der Waals surface area contributed by atoms with Crippen LogP contribution in [0.2, 0.25) is 0 Å². The summed E-state index contributed by atoms with van der Waals surface area (Å²) in [7, 11) is 0. The molecular weight excluding hydrogens is 496 g/mol. The first-order chi connectivity index (χ1) is 18.2. The van der Waals surface area contributed by atoms with Crippen LogP contribution in [0.1, 0.15) is 23.1 Å². The molecule has 5 heteroatoms. The Balaban J connectivity index is 1.36. The summed E-state index contributed by atoms with van der Waals surface area (Å²) in [4.78, 5) is 10.8. The van der Waals surface area contributed by atoms with Gasteiger partial charge in [0.05, 0.1) is 0 Å². The Kier molecular flexibility index (Phi) is 7.94. The lowest BCUT2D eigenvalue weighted by atomic mass is 9.94. The molecule has 0 aliphatic rings. The number of thiophene rings is 2. The van der Waals surface area contributed by atoms with Crippen molar-refractivity contribution in [2.45, 2.75) is 12.8 Å². The summed E-state index contributed by atoms with van der Waals surface area (Å²) in [5.74, 6) is -0.0278. The molecule has 0 unspecified atom stereocenters. The van der Waals surface area contributed by atoms with Crippen LogP contribution in [0.25, 0.3) is 27.8 Å². The highest BCUT2D eigenvalue weighted by Gasteiger charge is 2.08. The highest BCUT2D eigenvalue weighted by molar-refractivity contribution is 7.08. The number of carboxylic acid groups (broad SMARTS) is 1. The molecule has 5 rings (SSSR count). The van der Waals surface area contributed by atoms with Crippen molar-refractivity contribution in [1.82, 2.24) is 0 Å². The Labute approximate surface area is 225 Å². The summed E-state index contributed by atoms with van der Waals surface area (Å²) in [5, 5.41) is 17.4. The van der Waals surface area contributed by atoms with E-state index in [0.717, 1.165) is 28.0 Å². The molecule has 0 saturated heterocycles. The molecule has 0 spiro atoms. The molecule has 2 heterocycles. The minimum absolute atomic E-state index is 0.128. The van der Waals surface area contributed by atoms with Gasteiger partial charge in [-0.2, -0.15) is 22.7 Å². The first-order valence-corrected chi connectivity index (χ1v) is 13.9. The van der Waals surface area contributed by atoms with Crippen molar-refractivity contribution in [2.75, 3.05) is 6.61 Å². The molecule has 0 aliphatic heterocycles. The second kappa shape index (κ2) is 11.9. The summed E-state index contributed by atoms with van der Waals surface area (Å²) in [6.07, 6.45) is 2.77. The highest BCUT2D eigenvalue weighted by atomic mass is 32.1. The van der Waals surface area contributed by atoms with Gasteiger partial charge in [-0.1, -0.05) is 60.7 Å². The van der Waals surface area contributed by atoms with Gasteiger partial charge >= 0.3 is 5.97 Å². The second-order valence-electron chi connectivity index (χ2n) is 8.65. The van der Waals surface area contributed by atoms with E-state index in [1.54, 1.807) is 22.7 Å². The summed E-state index contributed by atoms with van der Waals surface area (Å²) < 4.78 is 6.04. The topological polar surface area (TPSA) is 46.5 Å². The number of aliphatic carboxylic acids is 1. The van der Waals surface area contributed by atoms with Crippen LogP contribution in [0, 0.1) is 0 Å². The molecule has 37 heavy (non-hydrogen) atoms. The fourth-order valence-corrected chi connectivity index (χ4v) is 5.50. The molecule has 0 amide bonds. The smallest absolute Gasteiger partial charge is 0.303 e. The molecule has 0 saturated carbocycles. The van der Waals surface area contributed by atoms with Crippen LogP contribution in [-0.4, -0.2) is 17.7 Å². The van der Waals surface area contributed by atoms with E-state index in [9.17, 15) is 4.79 Å². The number of aryl methyl sites for hydroxylation is 1. The van der Waals surface area contributed by atoms with Gasteiger partial charge in [-0.15, -0.1) is 0 Å². The maximum absolute atomic E-state index is 10.8. The van der Waals surface area contributed by atoms with E-state index in [0.29, 0.717) is 13.0 Å². The number of carbonyl (C=O) groups is 1. The Morgan fingerprint density at radius 1 is 0.703 bits per heavy atom. The van der Waals surface area contributed by atoms with Crippen molar-refractivity contribution >= 4 is 34.2 Å². The first kappa shape index (κ1) is 24.8. The molecule has 0 fully saturated rings. The molecule has 5 aromatic rings. The maximum Gasteiger partial charge on any atom is 0.303 e. The molecule has 2 aromatic heterocycles. The number of hydrogen-bond donors (Lipinski definition) is 1. The number of ether oxygens (including phenoxy) is 1. The van der Waals surface area contributed by atoms with Gasteiger partial charge in [-0.3, -0.25) is 4.79 Å². The molecular formula is C32H26O3S2. The summed E-state index contributed by atoms with van der Waals surface area (Å²) in [6.45, 7) is 0.419. The van der Waals surface area contributed by atoms with Gasteiger partial charge in [-0.05, 0) is 103 Å². The van der Waals surface area contributed by atoms with E-state index in [2.05, 4.69) is 88.3 Å². The van der Waals surface area contributed by atoms with Crippen molar-refractivity contribution in [3.05, 3.63) is 129 Å². The molecule has 0 atom stereocenters. The van der Waals surface area contributed by atoms with E-state index < -0.39 is 5.97 Å². The molecule has 3 aromatic carbocycles. The Bertz CT molecular complexity index is 1370. The fourth-order valence-electron chi connectivity index (χ4n) is 4.17. The van der Waals surface area contributed by atoms with Gasteiger partial charge < -0.3 is 9.84 Å². The molecule has 0 radical (unpaired) electrons. The largest absolute Gasteiger partial charge is 0.490 e. The summed E-state index contributed by atoms with van der Waals surface area (Å²) in [5.41, 5.74) is 9.25. The van der Waals surface area contributed by atoms with Gasteiger partial charge in [0.2, 0.25) is 0 Å². The van der Waals surface area contributed by atoms with Crippen molar-refractivity contribution in [3.8, 4) is 28.0 Å². The lowest BCUT2D eigenvalue weighted by molar-refractivity contribution is -0.136. The highest BCUT2D eigenvalue weighted by Crippen LogP contribution is 2.30. The van der Waals surface area contributed by atoms with Crippen LogP contribution >= 0.6 is 22.7 Å². The van der Waals surface area contributed by atoms with E-state index in [1.807, 2.05) is 24.3 Å². The van der Waals surface area contributed by atoms with Crippen LogP contribution in [-0.2, 0) is 11.2 Å². The maximum atomic E-state index is 10.8. The van der Waals surface area contributed by atoms with Gasteiger partial charge in [0.25, 0.3) is 0 Å². The van der Waals surface area contributed by atoms with Gasteiger partial charge in [0.15, 0.2) is 0 Å². The van der Waals surface area contributed by atoms with Crippen molar-refractivity contribution < 1.29 is 14.6 Å². The van der Waals surface area contributed by atoms with Crippen LogP contribution in [0.4, 0.5) is 0 Å². The zero-order valence-electron chi connectivity index (χ0n) is 20.2. The van der Waals surface area contributed by atoms with Gasteiger partial charge in [0, 0.05) is 6.42 Å². The number of benzene rings is 3. The summed E-state index contributed by atoms with van der Waals surface area (Å²) in [6, 6.07) is 29.3. The molecule has 0 aliphatic carbocycles. The van der Waals surface area contributed by atoms with E-state index >= 15 is 0 Å². The number of carboxylic acids is 1. The Morgan fingerprint density at radius 3 is 1.70 bits per heavy atom. The average Bonchev–Trinajstić information content (AvgIpc) is 3.66. The fraction of sp³-hybridized carbons (Fsp3) is 0.0938. The monoisotopic (exact) mass is 522 g/mol. The Hall–Kier alpha value is -3.93. The van der Waals surface area contributed by atoms with Gasteiger partial charge in [-0.25, -0.2) is 0 Å². The van der Waals surface area contributed by atoms with E-state index in [-0.39, 0.29) is 6.42 Å². The molecule has 0 bridgehead atoms. The third-order valence-electron chi connectivity index (χ3n) is 6.19. The average molecular weight is 523 g/mol. The third-order valence-corrected chi connectivity index (χ3v) is 7.56. The van der Waals surface area contributed by atoms with Crippen molar-refractivity contribution in [3.63, 3.8) is 0 Å². The minimum Gasteiger partial charge on any atom is -0.490 e. The Morgan fingerprint density at radius 2 is 1.24 bits per heavy atom. The van der Waals surface area contributed by atoms with Crippen LogP contribution < -0.4 is 4.74 Å². The number of hydrogen-bond acceptors (Lipinski definition) is 4. The number of rotatable bonds is 10. The zero-order valence-corrected chi connectivity index (χ0v) is 21.8. The summed E-state index contributed by atoms with van der Waals surface area (Å²) >= 11 is 3.40. The van der Waals surface area contributed by atoms with Crippen molar-refractivity contribution in [1.29, 1.82) is 0 Å². The second-order valence-corrected chi connectivity index (χ2v) is 10.2. The lowest BCUT2D eigenvalue weighted by Gasteiger charge is -2.12. The van der Waals surface area contributed by atoms with Gasteiger partial charge in [0.1, 0.15) is 12.4 Å². The molecule has 1 N–H and O–H groups in total.